The molecule has 0 aromatic heterocycles. The van der Waals surface area contributed by atoms with Gasteiger partial charge < -0.3 is 20.9 Å². The van der Waals surface area contributed by atoms with Crippen molar-refractivity contribution in [2.45, 2.75) is 18.4 Å². The topological polar surface area (TPSA) is 91.4 Å². The third-order valence-electron chi connectivity index (χ3n) is 6.37. The van der Waals surface area contributed by atoms with E-state index in [0.29, 0.717) is 5.75 Å². The molecule has 152 valence electrons. The van der Waals surface area contributed by atoms with Gasteiger partial charge in [-0.15, -0.1) is 0 Å². The van der Waals surface area contributed by atoms with Crippen LogP contribution >= 0.6 is 15.9 Å². The van der Waals surface area contributed by atoms with E-state index in [4.69, 9.17) is 15.9 Å². The highest BCUT2D eigenvalue weighted by atomic mass is 79.9. The Bertz CT molecular complexity index is 1180. The third-order valence-corrected chi connectivity index (χ3v) is 7.06. The molecule has 3 aromatic rings. The lowest BCUT2D eigenvalue weighted by Crippen LogP contribution is -2.31. The number of amidine groups is 1. The quantitative estimate of drug-likeness (QED) is 0.327. The highest BCUT2D eigenvalue weighted by Crippen LogP contribution is 2.56. The van der Waals surface area contributed by atoms with E-state index in [1.165, 1.54) is 11.1 Å². The molecule has 0 bridgehead atoms. The van der Waals surface area contributed by atoms with Crippen LogP contribution in [0.4, 0.5) is 5.69 Å². The maximum absolute atomic E-state index is 11.0. The number of anilines is 1. The molecule has 30 heavy (non-hydrogen) atoms. The van der Waals surface area contributed by atoms with Crippen LogP contribution in [-0.2, 0) is 6.42 Å². The van der Waals surface area contributed by atoms with Crippen LogP contribution in [0, 0.1) is 11.3 Å². The number of aromatic hydroxyl groups is 1. The van der Waals surface area contributed by atoms with Crippen LogP contribution in [-0.4, -0.2) is 18.1 Å². The van der Waals surface area contributed by atoms with Gasteiger partial charge in [0.2, 0.25) is 0 Å². The van der Waals surface area contributed by atoms with E-state index >= 15 is 0 Å². The summed E-state index contributed by atoms with van der Waals surface area (Å²) in [4.78, 5) is 0. The van der Waals surface area contributed by atoms with Crippen molar-refractivity contribution < 1.29 is 9.84 Å². The number of nitrogens with two attached hydrogens (primary N) is 1. The lowest BCUT2D eigenvalue weighted by atomic mass is 9.75. The molecule has 3 aromatic carbocycles. The molecular formula is C24H22BrN3O2. The minimum absolute atomic E-state index is 0.0657. The molecule has 1 aliphatic heterocycles. The zero-order valence-electron chi connectivity index (χ0n) is 16.4. The van der Waals surface area contributed by atoms with Gasteiger partial charge in [-0.25, -0.2) is 0 Å². The molecule has 0 saturated carbocycles. The number of rotatable bonds is 3. The molecule has 3 unspecified atom stereocenters. The number of benzene rings is 3. The minimum Gasteiger partial charge on any atom is -0.504 e. The Hall–Kier alpha value is -2.99. The molecule has 1 aliphatic carbocycles. The van der Waals surface area contributed by atoms with Crippen LogP contribution in [0.15, 0.2) is 59.1 Å². The number of hydrogen-bond donors (Lipinski definition) is 4. The summed E-state index contributed by atoms with van der Waals surface area (Å²) in [5.41, 5.74) is 12.1. The molecule has 0 spiro atoms. The number of nitrogen functional groups attached to an aromatic ring is 1. The maximum atomic E-state index is 11.0. The van der Waals surface area contributed by atoms with Crippen LogP contribution < -0.4 is 15.8 Å². The van der Waals surface area contributed by atoms with Crippen molar-refractivity contribution in [3.05, 3.63) is 86.9 Å². The van der Waals surface area contributed by atoms with E-state index in [-0.39, 0.29) is 29.5 Å². The van der Waals surface area contributed by atoms with Gasteiger partial charge >= 0.3 is 0 Å². The third kappa shape index (κ3) is 2.78. The van der Waals surface area contributed by atoms with Crippen LogP contribution in [0.5, 0.6) is 11.5 Å². The first-order chi connectivity index (χ1) is 14.5. The van der Waals surface area contributed by atoms with Crippen LogP contribution in [0.25, 0.3) is 0 Å². The Morgan fingerprint density at radius 3 is 2.73 bits per heavy atom. The second-order valence-electron chi connectivity index (χ2n) is 7.89. The van der Waals surface area contributed by atoms with Crippen molar-refractivity contribution in [1.29, 1.82) is 5.41 Å². The number of phenols is 1. The van der Waals surface area contributed by atoms with E-state index in [0.717, 1.165) is 33.3 Å². The van der Waals surface area contributed by atoms with Crippen molar-refractivity contribution in [3.8, 4) is 11.5 Å². The zero-order chi connectivity index (χ0) is 21.0. The molecule has 5 N–H and O–H groups in total. The van der Waals surface area contributed by atoms with Gasteiger partial charge in [0.05, 0.1) is 13.2 Å². The highest BCUT2D eigenvalue weighted by Gasteiger charge is 2.44. The zero-order valence-corrected chi connectivity index (χ0v) is 18.0. The summed E-state index contributed by atoms with van der Waals surface area (Å²) in [6, 6.07) is 18.0. The fourth-order valence-electron chi connectivity index (χ4n) is 5.04. The summed E-state index contributed by atoms with van der Waals surface area (Å²) in [6.07, 6.45) is 0.894. The van der Waals surface area contributed by atoms with Crippen molar-refractivity contribution >= 4 is 27.5 Å². The predicted molar refractivity (Wildman–Crippen MR) is 122 cm³/mol. The van der Waals surface area contributed by atoms with E-state index in [2.05, 4.69) is 45.5 Å². The number of ether oxygens (including phenoxy) is 1. The van der Waals surface area contributed by atoms with Gasteiger partial charge in [-0.3, -0.25) is 5.41 Å². The Morgan fingerprint density at radius 2 is 1.97 bits per heavy atom. The number of hydrogen-bond acceptors (Lipinski definition) is 4. The SMILES string of the molecule is COc1ccc(Br)c(C2Nc3ccc(C(=N)N)cc3C3c4ccccc4CC23)c1O. The minimum atomic E-state index is -0.109. The molecule has 6 heteroatoms. The molecule has 0 fully saturated rings. The van der Waals surface area contributed by atoms with E-state index in [1.54, 1.807) is 13.2 Å². The number of methoxy groups -OCH3 is 1. The number of phenolic OH excluding ortho intramolecular Hbond substituents is 1. The fraction of sp³-hybridized carbons (Fsp3) is 0.208. The van der Waals surface area contributed by atoms with Crippen molar-refractivity contribution in [2.24, 2.45) is 11.7 Å². The van der Waals surface area contributed by atoms with Crippen LogP contribution in [0.3, 0.4) is 0 Å². The predicted octanol–water partition coefficient (Wildman–Crippen LogP) is 4.92. The van der Waals surface area contributed by atoms with Crippen LogP contribution in [0.2, 0.25) is 0 Å². The first kappa shape index (κ1) is 19.0. The van der Waals surface area contributed by atoms with E-state index in [1.807, 2.05) is 24.3 Å². The first-order valence-electron chi connectivity index (χ1n) is 9.87. The Morgan fingerprint density at radius 1 is 1.17 bits per heavy atom. The molecule has 2 aliphatic rings. The van der Waals surface area contributed by atoms with Gasteiger partial charge in [0.25, 0.3) is 0 Å². The average Bonchev–Trinajstić information content (AvgIpc) is 3.13. The lowest BCUT2D eigenvalue weighted by molar-refractivity contribution is 0.357. The van der Waals surface area contributed by atoms with Crippen LogP contribution in [0.1, 0.15) is 39.8 Å². The largest absolute Gasteiger partial charge is 0.504 e. The normalized spacial score (nSPS) is 21.2. The summed E-state index contributed by atoms with van der Waals surface area (Å²) in [5.74, 6) is 1.03. The lowest BCUT2D eigenvalue weighted by Gasteiger charge is -2.39. The first-order valence-corrected chi connectivity index (χ1v) is 10.7. The van der Waals surface area contributed by atoms with Gasteiger partial charge in [-0.1, -0.05) is 40.2 Å². The number of fused-ring (bicyclic) bond motifs is 5. The monoisotopic (exact) mass is 463 g/mol. The van der Waals surface area contributed by atoms with Gasteiger partial charge in [0, 0.05) is 27.2 Å². The Kier molecular flexibility index (Phi) is 4.47. The summed E-state index contributed by atoms with van der Waals surface area (Å²) >= 11 is 3.65. The molecule has 5 nitrogen and oxygen atoms in total. The molecule has 0 amide bonds. The van der Waals surface area contributed by atoms with Crippen molar-refractivity contribution in [3.63, 3.8) is 0 Å². The number of halogens is 1. The van der Waals surface area contributed by atoms with E-state index in [9.17, 15) is 5.11 Å². The molecule has 1 heterocycles. The second kappa shape index (κ2) is 7.06. The second-order valence-corrected chi connectivity index (χ2v) is 8.75. The number of nitrogens with one attached hydrogen (secondary N) is 2. The molecule has 0 saturated heterocycles. The maximum Gasteiger partial charge on any atom is 0.164 e. The summed E-state index contributed by atoms with van der Waals surface area (Å²) < 4.78 is 6.22. The van der Waals surface area contributed by atoms with E-state index < -0.39 is 0 Å². The molecule has 3 atom stereocenters. The summed E-state index contributed by atoms with van der Waals surface area (Å²) in [6.45, 7) is 0. The average molecular weight is 464 g/mol. The van der Waals surface area contributed by atoms with Gasteiger partial charge in [-0.05, 0) is 59.4 Å². The van der Waals surface area contributed by atoms with Crippen molar-refractivity contribution in [2.75, 3.05) is 12.4 Å². The van der Waals surface area contributed by atoms with Gasteiger partial charge in [0.1, 0.15) is 5.84 Å². The molecule has 0 radical (unpaired) electrons. The standard InChI is InChI=1S/C24H22BrN3O2/c1-30-19-9-7-17(25)21(23(19)29)22-16-10-12-4-2-3-5-14(12)20(16)15-11-13(24(26)27)6-8-18(15)28-22/h2-9,11,16,20,22,28-29H,10H2,1H3,(H3,26,27). The Labute approximate surface area is 183 Å². The summed E-state index contributed by atoms with van der Waals surface area (Å²) in [5, 5.41) is 22.5. The smallest absolute Gasteiger partial charge is 0.164 e. The molecule has 5 rings (SSSR count). The highest BCUT2D eigenvalue weighted by molar-refractivity contribution is 9.10. The fourth-order valence-corrected chi connectivity index (χ4v) is 5.60. The Balaban J connectivity index is 1.72. The molecular weight excluding hydrogens is 442 g/mol. The van der Waals surface area contributed by atoms with Gasteiger partial charge in [-0.2, -0.15) is 0 Å². The van der Waals surface area contributed by atoms with Gasteiger partial charge in [0.15, 0.2) is 11.5 Å². The summed E-state index contributed by atoms with van der Waals surface area (Å²) in [7, 11) is 1.56. The van der Waals surface area contributed by atoms with Crippen molar-refractivity contribution in [1.82, 2.24) is 0 Å².